The summed E-state index contributed by atoms with van der Waals surface area (Å²) in [6, 6.07) is 3.90. The quantitative estimate of drug-likeness (QED) is 0.461. The van der Waals surface area contributed by atoms with E-state index in [0.29, 0.717) is 6.42 Å². The van der Waals surface area contributed by atoms with E-state index in [0.717, 1.165) is 5.56 Å². The number of nitrogens with one attached hydrogen (secondary N) is 2. The zero-order valence-electron chi connectivity index (χ0n) is 16.2. The predicted octanol–water partition coefficient (Wildman–Crippen LogP) is 0.471. The molecule has 8 heteroatoms. The average molecular weight is 379 g/mol. The van der Waals surface area contributed by atoms with Gasteiger partial charge >= 0.3 is 5.97 Å². The van der Waals surface area contributed by atoms with Crippen molar-refractivity contribution >= 4 is 17.8 Å². The summed E-state index contributed by atoms with van der Waals surface area (Å²) in [7, 11) is 1.24. The first-order valence-electron chi connectivity index (χ1n) is 8.91. The Labute approximate surface area is 159 Å². The highest BCUT2D eigenvalue weighted by Crippen LogP contribution is 2.12. The van der Waals surface area contributed by atoms with Crippen LogP contribution >= 0.6 is 0 Å². The van der Waals surface area contributed by atoms with Gasteiger partial charge in [0.15, 0.2) is 0 Å². The molecule has 5 N–H and O–H groups in total. The molecular weight excluding hydrogens is 350 g/mol. The third-order valence-electron chi connectivity index (χ3n) is 4.44. The van der Waals surface area contributed by atoms with Gasteiger partial charge in [-0.25, -0.2) is 4.79 Å². The van der Waals surface area contributed by atoms with E-state index in [9.17, 15) is 19.5 Å². The molecular formula is C19H29N3O5. The molecule has 0 aliphatic heterocycles. The molecule has 2 amide bonds. The summed E-state index contributed by atoms with van der Waals surface area (Å²) in [6.07, 6.45) is 0.914. The lowest BCUT2D eigenvalue weighted by Gasteiger charge is -2.26. The Bertz CT molecular complexity index is 647. The third-order valence-corrected chi connectivity index (χ3v) is 4.44. The maximum absolute atomic E-state index is 12.5. The number of hydrogen-bond donors (Lipinski definition) is 4. The number of ether oxygens (including phenoxy) is 1. The summed E-state index contributed by atoms with van der Waals surface area (Å²) in [4.78, 5) is 36.5. The number of amides is 2. The number of aromatic hydroxyl groups is 1. The van der Waals surface area contributed by atoms with Crippen molar-refractivity contribution in [1.29, 1.82) is 0 Å². The lowest BCUT2D eigenvalue weighted by atomic mass is 9.97. The first-order chi connectivity index (χ1) is 12.7. The second kappa shape index (κ2) is 10.5. The molecule has 1 aromatic rings. The molecule has 0 bridgehead atoms. The molecule has 1 unspecified atom stereocenters. The average Bonchev–Trinajstić information content (AvgIpc) is 2.65. The van der Waals surface area contributed by atoms with E-state index in [1.165, 1.54) is 26.2 Å². The molecule has 0 spiro atoms. The number of carbonyl (C=O) groups is 3. The van der Waals surface area contributed by atoms with Gasteiger partial charge in [0.2, 0.25) is 11.8 Å². The normalized spacial score (nSPS) is 15.1. The summed E-state index contributed by atoms with van der Waals surface area (Å²) < 4.78 is 4.59. The Hall–Kier alpha value is -2.61. The van der Waals surface area contributed by atoms with E-state index in [4.69, 9.17) is 5.73 Å². The minimum Gasteiger partial charge on any atom is -0.508 e. The zero-order valence-corrected chi connectivity index (χ0v) is 16.2. The van der Waals surface area contributed by atoms with Gasteiger partial charge in [0.25, 0.3) is 0 Å². The molecule has 8 nitrogen and oxygen atoms in total. The van der Waals surface area contributed by atoms with Crippen molar-refractivity contribution in [1.82, 2.24) is 10.6 Å². The van der Waals surface area contributed by atoms with Gasteiger partial charge < -0.3 is 26.2 Å². The van der Waals surface area contributed by atoms with Gasteiger partial charge in [-0.1, -0.05) is 32.4 Å². The van der Waals surface area contributed by atoms with E-state index in [-0.39, 0.29) is 18.1 Å². The predicted molar refractivity (Wildman–Crippen MR) is 101 cm³/mol. The molecule has 0 aliphatic rings. The zero-order chi connectivity index (χ0) is 20.6. The summed E-state index contributed by atoms with van der Waals surface area (Å²) in [6.45, 7) is 5.24. The Kier molecular flexibility index (Phi) is 8.74. The smallest absolute Gasteiger partial charge is 0.328 e. The summed E-state index contributed by atoms with van der Waals surface area (Å²) >= 11 is 0. The molecule has 1 aromatic carbocycles. The van der Waals surface area contributed by atoms with Crippen molar-refractivity contribution in [3.05, 3.63) is 29.8 Å². The largest absolute Gasteiger partial charge is 0.508 e. The molecule has 0 saturated carbocycles. The van der Waals surface area contributed by atoms with Crippen LogP contribution in [0.2, 0.25) is 0 Å². The standard InChI is InChI=1S/C19H29N3O5/c1-5-11(2)16(18(25)21-12(3)19(26)27-4)22-17(24)15(20)10-13-6-8-14(23)9-7-13/h6-9,11-12,15-16,23H,5,10,20H2,1-4H3,(H,21,25)(H,22,24)/t11?,12-,15-,16-/m0/s1. The maximum atomic E-state index is 12.5. The molecule has 0 heterocycles. The summed E-state index contributed by atoms with van der Waals surface area (Å²) in [5.41, 5.74) is 6.76. The molecule has 0 fully saturated rings. The molecule has 4 atom stereocenters. The topological polar surface area (TPSA) is 131 Å². The highest BCUT2D eigenvalue weighted by molar-refractivity contribution is 5.92. The Morgan fingerprint density at radius 3 is 2.22 bits per heavy atom. The fourth-order valence-corrected chi connectivity index (χ4v) is 2.48. The first-order valence-corrected chi connectivity index (χ1v) is 8.91. The molecule has 0 radical (unpaired) electrons. The van der Waals surface area contributed by atoms with E-state index in [2.05, 4.69) is 15.4 Å². The number of methoxy groups -OCH3 is 1. The number of carbonyl (C=O) groups excluding carboxylic acids is 3. The van der Waals surface area contributed by atoms with Crippen molar-refractivity contribution in [3.63, 3.8) is 0 Å². The fourth-order valence-electron chi connectivity index (χ4n) is 2.48. The van der Waals surface area contributed by atoms with Crippen LogP contribution in [0.1, 0.15) is 32.8 Å². The van der Waals surface area contributed by atoms with E-state index in [1.54, 1.807) is 12.1 Å². The van der Waals surface area contributed by atoms with Crippen molar-refractivity contribution in [3.8, 4) is 5.75 Å². The van der Waals surface area contributed by atoms with Gasteiger partial charge in [-0.3, -0.25) is 9.59 Å². The van der Waals surface area contributed by atoms with Gasteiger partial charge in [0.05, 0.1) is 13.2 Å². The highest BCUT2D eigenvalue weighted by atomic mass is 16.5. The van der Waals surface area contributed by atoms with Crippen LogP contribution in [-0.4, -0.2) is 48.1 Å². The second-order valence-electron chi connectivity index (χ2n) is 6.60. The van der Waals surface area contributed by atoms with E-state index < -0.39 is 35.9 Å². The van der Waals surface area contributed by atoms with E-state index in [1.807, 2.05) is 13.8 Å². The number of esters is 1. The van der Waals surface area contributed by atoms with Crippen LogP contribution in [0.25, 0.3) is 0 Å². The summed E-state index contributed by atoms with van der Waals surface area (Å²) in [5.74, 6) is -1.52. The SMILES string of the molecule is CCC(C)[C@H](NC(=O)[C@@H](N)Cc1ccc(O)cc1)C(=O)N[C@@H](C)C(=O)OC. The van der Waals surface area contributed by atoms with Crippen molar-refractivity contribution in [2.45, 2.75) is 51.7 Å². The Balaban J connectivity index is 2.76. The van der Waals surface area contributed by atoms with Gasteiger partial charge in [-0.2, -0.15) is 0 Å². The number of phenols is 1. The number of hydrogen-bond acceptors (Lipinski definition) is 6. The monoisotopic (exact) mass is 379 g/mol. The molecule has 1 rings (SSSR count). The maximum Gasteiger partial charge on any atom is 0.328 e. The molecule has 0 saturated heterocycles. The fraction of sp³-hybridized carbons (Fsp3) is 0.526. The molecule has 27 heavy (non-hydrogen) atoms. The van der Waals surface area contributed by atoms with Gasteiger partial charge in [0.1, 0.15) is 17.8 Å². The van der Waals surface area contributed by atoms with Crippen LogP contribution in [-0.2, 0) is 25.5 Å². The van der Waals surface area contributed by atoms with E-state index >= 15 is 0 Å². The van der Waals surface area contributed by atoms with Crippen LogP contribution in [0.4, 0.5) is 0 Å². The minimum absolute atomic E-state index is 0.130. The first kappa shape index (κ1) is 22.4. The van der Waals surface area contributed by atoms with Crippen LogP contribution in [0.15, 0.2) is 24.3 Å². The number of phenolic OH excluding ortho intramolecular Hbond substituents is 1. The number of rotatable bonds is 9. The Morgan fingerprint density at radius 1 is 1.11 bits per heavy atom. The van der Waals surface area contributed by atoms with Gasteiger partial charge in [-0.15, -0.1) is 0 Å². The summed E-state index contributed by atoms with van der Waals surface area (Å²) in [5, 5.41) is 14.5. The van der Waals surface area contributed by atoms with Gasteiger partial charge in [0, 0.05) is 0 Å². The lowest BCUT2D eigenvalue weighted by Crippen LogP contribution is -2.56. The minimum atomic E-state index is -0.855. The van der Waals surface area contributed by atoms with Crippen molar-refractivity contribution < 1.29 is 24.2 Å². The molecule has 150 valence electrons. The third kappa shape index (κ3) is 6.90. The lowest BCUT2D eigenvalue weighted by molar-refractivity contribution is -0.145. The Morgan fingerprint density at radius 2 is 1.70 bits per heavy atom. The van der Waals surface area contributed by atoms with Crippen LogP contribution < -0.4 is 16.4 Å². The van der Waals surface area contributed by atoms with Crippen molar-refractivity contribution in [2.75, 3.05) is 7.11 Å². The van der Waals surface area contributed by atoms with Crippen LogP contribution in [0, 0.1) is 5.92 Å². The van der Waals surface area contributed by atoms with Gasteiger partial charge in [-0.05, 0) is 37.0 Å². The number of nitrogens with two attached hydrogens (primary N) is 1. The highest BCUT2D eigenvalue weighted by Gasteiger charge is 2.30. The van der Waals surface area contributed by atoms with Crippen LogP contribution in [0.5, 0.6) is 5.75 Å². The van der Waals surface area contributed by atoms with Crippen LogP contribution in [0.3, 0.4) is 0 Å². The van der Waals surface area contributed by atoms with Crippen molar-refractivity contribution in [2.24, 2.45) is 11.7 Å². The second-order valence-corrected chi connectivity index (χ2v) is 6.60. The molecule has 0 aliphatic carbocycles. The number of benzene rings is 1. The molecule has 0 aromatic heterocycles.